The lowest BCUT2D eigenvalue weighted by Crippen LogP contribution is -2.34. The predicted octanol–water partition coefficient (Wildman–Crippen LogP) is 2.91. The molecule has 3 aromatic heterocycles. The Balaban J connectivity index is 1.72. The van der Waals surface area contributed by atoms with E-state index in [1.54, 1.807) is 31.5 Å². The van der Waals surface area contributed by atoms with Crippen LogP contribution in [0.1, 0.15) is 10.5 Å². The molecule has 0 atom stereocenters. The Morgan fingerprint density at radius 3 is 2.64 bits per heavy atom. The number of carbonyl (C=O) groups is 1. The molecular weight excluding hydrogens is 418 g/mol. The summed E-state index contributed by atoms with van der Waals surface area (Å²) < 4.78 is 5.53. The van der Waals surface area contributed by atoms with Crippen LogP contribution in [0.5, 0.6) is 5.75 Å². The Labute approximate surface area is 192 Å². The van der Waals surface area contributed by atoms with Crippen molar-refractivity contribution in [1.82, 2.24) is 29.7 Å². The first-order valence-corrected chi connectivity index (χ1v) is 10.5. The second-order valence-electron chi connectivity index (χ2n) is 8.04. The van der Waals surface area contributed by atoms with E-state index in [1.807, 2.05) is 55.5 Å². The maximum absolute atomic E-state index is 12.9. The third-order valence-electron chi connectivity index (χ3n) is 5.46. The van der Waals surface area contributed by atoms with Gasteiger partial charge in [0.1, 0.15) is 11.4 Å². The molecular formula is C24H27N7O2. The molecule has 0 aliphatic heterocycles. The van der Waals surface area contributed by atoms with E-state index < -0.39 is 0 Å². The van der Waals surface area contributed by atoms with Crippen molar-refractivity contribution >= 4 is 22.8 Å². The summed E-state index contributed by atoms with van der Waals surface area (Å²) in [5.74, 6) is 0.602. The van der Waals surface area contributed by atoms with Gasteiger partial charge in [-0.25, -0.2) is 15.0 Å². The van der Waals surface area contributed by atoms with E-state index in [0.29, 0.717) is 12.2 Å². The molecule has 0 saturated carbocycles. The topological polar surface area (TPSA) is 113 Å². The number of anilines is 1. The Morgan fingerprint density at radius 2 is 1.88 bits per heavy atom. The van der Waals surface area contributed by atoms with Crippen molar-refractivity contribution in [3.63, 3.8) is 0 Å². The zero-order valence-corrected chi connectivity index (χ0v) is 19.2. The van der Waals surface area contributed by atoms with Gasteiger partial charge in [0, 0.05) is 54.6 Å². The van der Waals surface area contributed by atoms with Crippen LogP contribution < -0.4 is 10.5 Å². The fraction of sp³-hybridized carbons (Fsp3) is 0.250. The highest BCUT2D eigenvalue weighted by Gasteiger charge is 2.19. The van der Waals surface area contributed by atoms with Gasteiger partial charge in [0.2, 0.25) is 0 Å². The van der Waals surface area contributed by atoms with Crippen molar-refractivity contribution in [2.24, 2.45) is 0 Å². The highest BCUT2D eigenvalue weighted by Crippen LogP contribution is 2.35. The third-order valence-corrected chi connectivity index (χ3v) is 5.46. The quantitative estimate of drug-likeness (QED) is 0.450. The number of hydrogen-bond donors (Lipinski definition) is 2. The van der Waals surface area contributed by atoms with Crippen LogP contribution in [0.4, 0.5) is 5.82 Å². The number of nitrogens with two attached hydrogens (primary N) is 1. The molecule has 3 N–H and O–H groups in total. The van der Waals surface area contributed by atoms with E-state index in [1.165, 1.54) is 0 Å². The Morgan fingerprint density at radius 1 is 1.09 bits per heavy atom. The maximum atomic E-state index is 12.9. The third kappa shape index (κ3) is 4.49. The molecule has 0 aliphatic rings. The molecule has 9 nitrogen and oxygen atoms in total. The minimum absolute atomic E-state index is 0.103. The molecule has 0 fully saturated rings. The summed E-state index contributed by atoms with van der Waals surface area (Å²) in [5.41, 5.74) is 10.0. The largest absolute Gasteiger partial charge is 0.496 e. The Kier molecular flexibility index (Phi) is 6.23. The van der Waals surface area contributed by atoms with Crippen LogP contribution in [0.25, 0.3) is 33.4 Å². The van der Waals surface area contributed by atoms with Gasteiger partial charge in [-0.1, -0.05) is 18.2 Å². The van der Waals surface area contributed by atoms with Gasteiger partial charge in [-0.3, -0.25) is 4.79 Å². The molecule has 170 valence electrons. The summed E-state index contributed by atoms with van der Waals surface area (Å²) in [6, 6.07) is 9.78. The lowest BCUT2D eigenvalue weighted by molar-refractivity contribution is 0.0781. The lowest BCUT2D eigenvalue weighted by Gasteiger charge is -2.20. The van der Waals surface area contributed by atoms with Crippen LogP contribution in [0, 0.1) is 0 Å². The second kappa shape index (κ2) is 9.25. The van der Waals surface area contributed by atoms with Crippen molar-refractivity contribution in [3.8, 4) is 28.1 Å². The van der Waals surface area contributed by atoms with Gasteiger partial charge in [-0.05, 0) is 26.2 Å². The molecule has 4 rings (SSSR count). The van der Waals surface area contributed by atoms with Gasteiger partial charge < -0.3 is 25.3 Å². The minimum Gasteiger partial charge on any atom is -0.496 e. The fourth-order valence-corrected chi connectivity index (χ4v) is 3.56. The summed E-state index contributed by atoms with van der Waals surface area (Å²) in [5, 5.41) is 0.909. The van der Waals surface area contributed by atoms with E-state index in [9.17, 15) is 4.79 Å². The van der Waals surface area contributed by atoms with E-state index >= 15 is 0 Å². The number of nitrogen functional groups attached to an aromatic ring is 1. The van der Waals surface area contributed by atoms with Crippen LogP contribution in [0.3, 0.4) is 0 Å². The van der Waals surface area contributed by atoms with Crippen LogP contribution in [0.2, 0.25) is 0 Å². The average molecular weight is 446 g/mol. The van der Waals surface area contributed by atoms with Gasteiger partial charge in [0.15, 0.2) is 11.5 Å². The van der Waals surface area contributed by atoms with Crippen molar-refractivity contribution in [1.29, 1.82) is 0 Å². The minimum atomic E-state index is -0.269. The van der Waals surface area contributed by atoms with Crippen molar-refractivity contribution < 1.29 is 9.53 Å². The van der Waals surface area contributed by atoms with Gasteiger partial charge in [0.05, 0.1) is 19.0 Å². The molecule has 0 bridgehead atoms. The monoisotopic (exact) mass is 445 g/mol. The first kappa shape index (κ1) is 22.2. The number of nitrogens with one attached hydrogen (secondary N) is 1. The molecule has 0 saturated heterocycles. The van der Waals surface area contributed by atoms with Gasteiger partial charge >= 0.3 is 0 Å². The van der Waals surface area contributed by atoms with Crippen LogP contribution in [-0.2, 0) is 0 Å². The number of nitrogens with zero attached hydrogens (tertiary/aromatic N) is 5. The number of amides is 1. The number of ether oxygens (including phenoxy) is 1. The summed E-state index contributed by atoms with van der Waals surface area (Å²) in [6.07, 6.45) is 5.17. The number of fused-ring (bicyclic) bond motifs is 1. The van der Waals surface area contributed by atoms with E-state index in [-0.39, 0.29) is 17.4 Å². The normalized spacial score (nSPS) is 11.2. The van der Waals surface area contributed by atoms with Crippen LogP contribution in [-0.4, -0.2) is 77.0 Å². The molecule has 9 heteroatoms. The Hall–Kier alpha value is -3.98. The van der Waals surface area contributed by atoms with E-state index in [0.717, 1.165) is 40.0 Å². The molecule has 1 aromatic carbocycles. The number of methoxy groups -OCH3 is 1. The zero-order chi connectivity index (χ0) is 23.5. The number of benzene rings is 1. The molecule has 0 aliphatic carbocycles. The summed E-state index contributed by atoms with van der Waals surface area (Å²) >= 11 is 0. The van der Waals surface area contributed by atoms with Crippen LogP contribution in [0.15, 0.2) is 48.9 Å². The lowest BCUT2D eigenvalue weighted by atomic mass is 10.0. The molecule has 4 aromatic rings. The number of hydrogen-bond acceptors (Lipinski definition) is 7. The highest BCUT2D eigenvalue weighted by atomic mass is 16.5. The molecule has 33 heavy (non-hydrogen) atoms. The maximum Gasteiger partial charge on any atom is 0.276 e. The standard InChI is InChI=1S/C24H27N7O2/c1-30(2)9-10-31(3)24(32)21-22(25)26-14-19(29-21)15-11-17-18(13-28-23(17)27-12-15)16-7-5-6-8-20(16)33-4/h5-8,11-14H,9-10H2,1-4H3,(H2,25,26)(H,27,28). The Bertz CT molecular complexity index is 1300. The number of likely N-dealkylation sites (N-methyl/N-ethyl adjacent to an activating group) is 2. The number of rotatable bonds is 7. The zero-order valence-electron chi connectivity index (χ0n) is 19.2. The fourth-order valence-electron chi connectivity index (χ4n) is 3.56. The summed E-state index contributed by atoms with van der Waals surface area (Å²) in [4.78, 5) is 33.1. The van der Waals surface area contributed by atoms with E-state index in [2.05, 4.69) is 19.9 Å². The average Bonchev–Trinajstić information content (AvgIpc) is 3.25. The highest BCUT2D eigenvalue weighted by molar-refractivity contribution is 5.98. The SMILES string of the molecule is COc1ccccc1-c1c[nH]c2ncc(-c3cnc(N)c(C(=O)N(C)CCN(C)C)n3)cc12. The summed E-state index contributed by atoms with van der Waals surface area (Å²) in [7, 11) is 7.29. The molecule has 0 radical (unpaired) electrons. The number of aromatic amines is 1. The molecule has 0 unspecified atom stereocenters. The predicted molar refractivity (Wildman–Crippen MR) is 129 cm³/mol. The van der Waals surface area contributed by atoms with Gasteiger partial charge in [-0.2, -0.15) is 0 Å². The molecule has 3 heterocycles. The second-order valence-corrected chi connectivity index (χ2v) is 8.04. The molecule has 0 spiro atoms. The van der Waals surface area contributed by atoms with Crippen molar-refractivity contribution in [2.45, 2.75) is 0 Å². The van der Waals surface area contributed by atoms with Crippen molar-refractivity contribution in [3.05, 3.63) is 54.6 Å². The molecule has 1 amide bonds. The number of carbonyl (C=O) groups excluding carboxylic acids is 1. The van der Waals surface area contributed by atoms with Gasteiger partial charge in [-0.15, -0.1) is 0 Å². The van der Waals surface area contributed by atoms with Crippen LogP contribution >= 0.6 is 0 Å². The number of aromatic nitrogens is 4. The number of para-hydroxylation sites is 1. The smallest absolute Gasteiger partial charge is 0.276 e. The first-order valence-electron chi connectivity index (χ1n) is 10.5. The summed E-state index contributed by atoms with van der Waals surface area (Å²) in [6.45, 7) is 1.28. The van der Waals surface area contributed by atoms with Gasteiger partial charge in [0.25, 0.3) is 5.91 Å². The number of pyridine rings is 1. The first-order chi connectivity index (χ1) is 15.9. The van der Waals surface area contributed by atoms with Crippen molar-refractivity contribution in [2.75, 3.05) is 47.1 Å². The van der Waals surface area contributed by atoms with E-state index in [4.69, 9.17) is 10.5 Å². The number of H-pyrrole nitrogens is 1.